The highest BCUT2D eigenvalue weighted by atomic mass is 16.1. The molecule has 3 heteroatoms. The summed E-state index contributed by atoms with van der Waals surface area (Å²) in [5.74, 6) is -0.240. The second kappa shape index (κ2) is 6.20. The fourth-order valence-electron chi connectivity index (χ4n) is 2.83. The highest BCUT2D eigenvalue weighted by molar-refractivity contribution is 5.84. The van der Waals surface area contributed by atoms with Crippen LogP contribution in [0.1, 0.15) is 44.6 Å². The first-order valence-electron chi connectivity index (χ1n) is 7.22. The van der Waals surface area contributed by atoms with Crippen LogP contribution in [0.2, 0.25) is 0 Å². The zero-order chi connectivity index (χ0) is 13.7. The molecule has 1 aliphatic rings. The minimum Gasteiger partial charge on any atom is -0.368 e. The Labute approximate surface area is 115 Å². The van der Waals surface area contributed by atoms with Crippen LogP contribution >= 0.6 is 0 Å². The third kappa shape index (κ3) is 3.80. The molecular weight excluding hydrogens is 236 g/mol. The number of amides is 1. The van der Waals surface area contributed by atoms with Gasteiger partial charge >= 0.3 is 0 Å². The molecule has 0 radical (unpaired) electrons. The maximum Gasteiger partial charge on any atom is 0.237 e. The molecule has 1 amide bonds. The molecule has 1 atom stereocenters. The van der Waals surface area contributed by atoms with Crippen LogP contribution in [0.3, 0.4) is 0 Å². The molecular formula is C16H24N2O. The number of carbonyl (C=O) groups excluding carboxylic acids is 1. The van der Waals surface area contributed by atoms with Gasteiger partial charge < -0.3 is 11.1 Å². The number of hydrogen-bond acceptors (Lipinski definition) is 2. The Hall–Kier alpha value is -1.35. The molecule has 0 spiro atoms. The lowest BCUT2D eigenvalue weighted by atomic mass is 9.91. The lowest BCUT2D eigenvalue weighted by molar-refractivity contribution is -0.124. The van der Waals surface area contributed by atoms with E-state index in [2.05, 4.69) is 17.4 Å². The van der Waals surface area contributed by atoms with Crippen molar-refractivity contribution in [2.75, 3.05) is 0 Å². The van der Waals surface area contributed by atoms with E-state index in [9.17, 15) is 4.79 Å². The number of carbonyl (C=O) groups is 1. The van der Waals surface area contributed by atoms with Crippen molar-refractivity contribution in [3.05, 3.63) is 35.9 Å². The van der Waals surface area contributed by atoms with Crippen LogP contribution in [0.4, 0.5) is 0 Å². The molecule has 0 aromatic heterocycles. The van der Waals surface area contributed by atoms with E-state index in [4.69, 9.17) is 5.73 Å². The van der Waals surface area contributed by atoms with Gasteiger partial charge in [-0.2, -0.15) is 0 Å². The van der Waals surface area contributed by atoms with Crippen molar-refractivity contribution in [1.82, 2.24) is 5.32 Å². The molecule has 1 aromatic rings. The zero-order valence-corrected chi connectivity index (χ0v) is 11.7. The van der Waals surface area contributed by atoms with Gasteiger partial charge in [-0.15, -0.1) is 0 Å². The first-order valence-corrected chi connectivity index (χ1v) is 7.22. The predicted octanol–water partition coefficient (Wildman–Crippen LogP) is 2.40. The number of rotatable bonds is 6. The van der Waals surface area contributed by atoms with Gasteiger partial charge in [0.15, 0.2) is 0 Å². The van der Waals surface area contributed by atoms with E-state index < -0.39 is 5.54 Å². The summed E-state index contributed by atoms with van der Waals surface area (Å²) in [6.07, 6.45) is 6.46. The molecule has 1 fully saturated rings. The molecule has 0 aliphatic heterocycles. The third-order valence-electron chi connectivity index (χ3n) is 4.18. The minimum absolute atomic E-state index is 0.240. The Morgan fingerprint density at radius 1 is 1.32 bits per heavy atom. The van der Waals surface area contributed by atoms with Gasteiger partial charge in [0.1, 0.15) is 0 Å². The zero-order valence-electron chi connectivity index (χ0n) is 11.7. The van der Waals surface area contributed by atoms with Gasteiger partial charge in [-0.3, -0.25) is 4.79 Å². The smallest absolute Gasteiger partial charge is 0.237 e. The highest BCUT2D eigenvalue weighted by Crippen LogP contribution is 2.23. The van der Waals surface area contributed by atoms with Gasteiger partial charge in [0.05, 0.1) is 5.54 Å². The lowest BCUT2D eigenvalue weighted by Crippen LogP contribution is -2.56. The van der Waals surface area contributed by atoms with Crippen molar-refractivity contribution in [2.45, 2.75) is 57.0 Å². The summed E-state index contributed by atoms with van der Waals surface area (Å²) in [6.45, 7) is 1.94. The van der Waals surface area contributed by atoms with Crippen molar-refractivity contribution in [2.24, 2.45) is 5.73 Å². The SMILES string of the molecule is CC(CCc1ccccc1)(NC1CCCC1)C(N)=O. The average Bonchev–Trinajstić information content (AvgIpc) is 2.90. The van der Waals surface area contributed by atoms with Crippen LogP contribution in [0.25, 0.3) is 0 Å². The summed E-state index contributed by atoms with van der Waals surface area (Å²) < 4.78 is 0. The predicted molar refractivity (Wildman–Crippen MR) is 77.8 cm³/mol. The van der Waals surface area contributed by atoms with Crippen LogP contribution < -0.4 is 11.1 Å². The molecule has 3 nitrogen and oxygen atoms in total. The van der Waals surface area contributed by atoms with Gasteiger partial charge in [0.25, 0.3) is 0 Å². The Morgan fingerprint density at radius 3 is 2.53 bits per heavy atom. The quantitative estimate of drug-likeness (QED) is 0.825. The highest BCUT2D eigenvalue weighted by Gasteiger charge is 2.33. The Kier molecular flexibility index (Phi) is 4.59. The summed E-state index contributed by atoms with van der Waals surface area (Å²) in [5.41, 5.74) is 6.27. The Balaban J connectivity index is 1.96. The van der Waals surface area contributed by atoms with Crippen LogP contribution in [0.5, 0.6) is 0 Å². The third-order valence-corrected chi connectivity index (χ3v) is 4.18. The van der Waals surface area contributed by atoms with Gasteiger partial charge in [-0.1, -0.05) is 43.2 Å². The summed E-state index contributed by atoms with van der Waals surface area (Å²) in [7, 11) is 0. The van der Waals surface area contributed by atoms with E-state index in [1.807, 2.05) is 25.1 Å². The van der Waals surface area contributed by atoms with E-state index in [1.165, 1.54) is 18.4 Å². The van der Waals surface area contributed by atoms with Crippen LogP contribution in [0, 0.1) is 0 Å². The summed E-state index contributed by atoms with van der Waals surface area (Å²) in [5, 5.41) is 3.49. The van der Waals surface area contributed by atoms with Crippen molar-refractivity contribution >= 4 is 5.91 Å². The standard InChI is InChI=1S/C16H24N2O/c1-16(15(17)19,18-14-9-5-6-10-14)12-11-13-7-3-2-4-8-13/h2-4,7-8,14,18H,5-6,9-12H2,1H3,(H2,17,19). The Morgan fingerprint density at radius 2 is 1.95 bits per heavy atom. The second-order valence-corrected chi connectivity index (χ2v) is 5.81. The van der Waals surface area contributed by atoms with Crippen molar-refractivity contribution < 1.29 is 4.79 Å². The summed E-state index contributed by atoms with van der Waals surface area (Å²) in [4.78, 5) is 11.8. The number of aryl methyl sites for hydroxylation is 1. The molecule has 2 rings (SSSR count). The van der Waals surface area contributed by atoms with Crippen LogP contribution in [0.15, 0.2) is 30.3 Å². The normalized spacial score (nSPS) is 19.2. The van der Waals surface area contributed by atoms with Gasteiger partial charge in [-0.25, -0.2) is 0 Å². The van der Waals surface area contributed by atoms with E-state index in [1.54, 1.807) is 0 Å². The lowest BCUT2D eigenvalue weighted by Gasteiger charge is -2.31. The number of primary amides is 1. The van der Waals surface area contributed by atoms with Crippen molar-refractivity contribution in [3.8, 4) is 0 Å². The summed E-state index contributed by atoms with van der Waals surface area (Å²) in [6, 6.07) is 10.7. The first kappa shape index (κ1) is 14.1. The maximum absolute atomic E-state index is 11.8. The van der Waals surface area contributed by atoms with Crippen LogP contribution in [-0.2, 0) is 11.2 Å². The van der Waals surface area contributed by atoms with Gasteiger partial charge in [0, 0.05) is 6.04 Å². The molecule has 1 unspecified atom stereocenters. The maximum atomic E-state index is 11.8. The average molecular weight is 260 g/mol. The van der Waals surface area contributed by atoms with Gasteiger partial charge in [-0.05, 0) is 38.2 Å². The monoisotopic (exact) mass is 260 g/mol. The largest absolute Gasteiger partial charge is 0.368 e. The molecule has 1 saturated carbocycles. The molecule has 19 heavy (non-hydrogen) atoms. The fourth-order valence-corrected chi connectivity index (χ4v) is 2.83. The molecule has 1 aliphatic carbocycles. The Bertz CT molecular complexity index is 412. The van der Waals surface area contributed by atoms with Crippen LogP contribution in [-0.4, -0.2) is 17.5 Å². The molecule has 104 valence electrons. The number of hydrogen-bond donors (Lipinski definition) is 2. The minimum atomic E-state index is -0.592. The molecule has 0 heterocycles. The molecule has 0 bridgehead atoms. The molecule has 3 N–H and O–H groups in total. The summed E-state index contributed by atoms with van der Waals surface area (Å²) >= 11 is 0. The van der Waals surface area contributed by atoms with E-state index in [0.29, 0.717) is 6.04 Å². The second-order valence-electron chi connectivity index (χ2n) is 5.81. The topological polar surface area (TPSA) is 55.1 Å². The van der Waals surface area contributed by atoms with E-state index in [0.717, 1.165) is 25.7 Å². The number of nitrogens with two attached hydrogens (primary N) is 1. The number of benzene rings is 1. The molecule has 0 saturated heterocycles. The fraction of sp³-hybridized carbons (Fsp3) is 0.562. The van der Waals surface area contributed by atoms with E-state index in [-0.39, 0.29) is 5.91 Å². The molecule has 1 aromatic carbocycles. The van der Waals surface area contributed by atoms with Crippen molar-refractivity contribution in [3.63, 3.8) is 0 Å². The van der Waals surface area contributed by atoms with Crippen molar-refractivity contribution in [1.29, 1.82) is 0 Å². The van der Waals surface area contributed by atoms with Gasteiger partial charge in [0.2, 0.25) is 5.91 Å². The first-order chi connectivity index (χ1) is 9.10. The van der Waals surface area contributed by atoms with E-state index >= 15 is 0 Å². The number of nitrogens with one attached hydrogen (secondary N) is 1.